The van der Waals surface area contributed by atoms with E-state index in [0.29, 0.717) is 12.0 Å². The monoisotopic (exact) mass is 263 g/mol. The fourth-order valence-electron chi connectivity index (χ4n) is 2.20. The second-order valence-corrected chi connectivity index (χ2v) is 5.57. The van der Waals surface area contributed by atoms with Gasteiger partial charge >= 0.3 is 0 Å². The lowest BCUT2D eigenvalue weighted by Gasteiger charge is -2.24. The molecule has 0 radical (unpaired) electrons. The number of nitrogens with one attached hydrogen (secondary N) is 3. The van der Waals surface area contributed by atoms with Crippen LogP contribution in [0, 0.1) is 5.92 Å². The molecule has 0 bridgehead atoms. The van der Waals surface area contributed by atoms with Crippen LogP contribution in [0.25, 0.3) is 0 Å². The molecule has 0 saturated carbocycles. The van der Waals surface area contributed by atoms with Crippen molar-refractivity contribution in [3.63, 3.8) is 0 Å². The largest absolute Gasteiger partial charge is 0.370 e. The van der Waals surface area contributed by atoms with E-state index < -0.39 is 0 Å². The summed E-state index contributed by atoms with van der Waals surface area (Å²) in [6.45, 7) is 7.59. The molecular weight excluding hydrogens is 238 g/mol. The van der Waals surface area contributed by atoms with E-state index >= 15 is 0 Å². The Morgan fingerprint density at radius 3 is 2.74 bits per heavy atom. The second kappa shape index (κ2) is 7.28. The molecule has 0 spiro atoms. The molecule has 3 N–H and O–H groups in total. The molecule has 1 aromatic heterocycles. The maximum Gasteiger partial charge on any atom is 0.131 e. The average molecular weight is 263 g/mol. The highest BCUT2D eigenvalue weighted by Crippen LogP contribution is 2.13. The summed E-state index contributed by atoms with van der Waals surface area (Å²) in [5, 5.41) is 10.2. The third-order valence-corrected chi connectivity index (χ3v) is 3.39. The number of nitrogens with zero attached hydrogens (tertiary/aromatic N) is 2. The summed E-state index contributed by atoms with van der Waals surface area (Å²) >= 11 is 0. The molecule has 0 aromatic carbocycles. The zero-order chi connectivity index (χ0) is 13.5. The van der Waals surface area contributed by atoms with Gasteiger partial charge in [0.15, 0.2) is 0 Å². The zero-order valence-corrected chi connectivity index (χ0v) is 11.9. The minimum atomic E-state index is 0.527. The summed E-state index contributed by atoms with van der Waals surface area (Å²) < 4.78 is 0. The molecule has 1 aromatic rings. The van der Waals surface area contributed by atoms with Gasteiger partial charge in [0.1, 0.15) is 18.0 Å². The van der Waals surface area contributed by atoms with Gasteiger partial charge in [-0.1, -0.05) is 13.8 Å². The van der Waals surface area contributed by atoms with Gasteiger partial charge in [-0.15, -0.1) is 0 Å². The normalized spacial score (nSPS) is 16.6. The van der Waals surface area contributed by atoms with E-state index in [2.05, 4.69) is 39.8 Å². The van der Waals surface area contributed by atoms with Crippen molar-refractivity contribution in [1.29, 1.82) is 0 Å². The van der Waals surface area contributed by atoms with Crippen molar-refractivity contribution in [1.82, 2.24) is 15.3 Å². The van der Waals surface area contributed by atoms with Gasteiger partial charge in [-0.05, 0) is 38.3 Å². The summed E-state index contributed by atoms with van der Waals surface area (Å²) in [5.41, 5.74) is 0. The van der Waals surface area contributed by atoms with Gasteiger partial charge in [-0.3, -0.25) is 0 Å². The van der Waals surface area contributed by atoms with Gasteiger partial charge in [0.05, 0.1) is 0 Å². The van der Waals surface area contributed by atoms with E-state index in [9.17, 15) is 0 Å². The second-order valence-electron chi connectivity index (χ2n) is 5.57. The van der Waals surface area contributed by atoms with Crippen LogP contribution >= 0.6 is 0 Å². The first-order valence-corrected chi connectivity index (χ1v) is 7.27. The third-order valence-electron chi connectivity index (χ3n) is 3.39. The minimum absolute atomic E-state index is 0.527. The summed E-state index contributed by atoms with van der Waals surface area (Å²) in [4.78, 5) is 8.55. The van der Waals surface area contributed by atoms with Gasteiger partial charge in [0, 0.05) is 18.7 Å². The highest BCUT2D eigenvalue weighted by molar-refractivity contribution is 5.46. The molecule has 1 aliphatic heterocycles. The maximum absolute atomic E-state index is 4.29. The third kappa shape index (κ3) is 5.03. The molecule has 19 heavy (non-hydrogen) atoms. The van der Waals surface area contributed by atoms with Gasteiger partial charge in [-0.25, -0.2) is 9.97 Å². The molecule has 1 fully saturated rings. The van der Waals surface area contributed by atoms with Crippen LogP contribution in [0.3, 0.4) is 0 Å². The SMILES string of the molecule is CC(C)CCNc1cc(NC2CCNCC2)ncn1. The van der Waals surface area contributed by atoms with E-state index in [0.717, 1.165) is 50.5 Å². The molecule has 0 amide bonds. The topological polar surface area (TPSA) is 61.9 Å². The Bertz CT molecular complexity index is 374. The molecule has 5 heteroatoms. The van der Waals surface area contributed by atoms with E-state index in [1.165, 1.54) is 0 Å². The lowest BCUT2D eigenvalue weighted by Crippen LogP contribution is -2.35. The predicted octanol–water partition coefficient (Wildman–Crippen LogP) is 2.10. The lowest BCUT2D eigenvalue weighted by atomic mass is 10.1. The molecule has 1 saturated heterocycles. The standard InChI is InChI=1S/C14H25N5/c1-11(2)3-8-16-13-9-14(18-10-17-13)19-12-4-6-15-7-5-12/h9-12,15H,3-8H2,1-2H3,(H2,16,17,18,19). The van der Waals surface area contributed by atoms with Crippen LogP contribution in [0.1, 0.15) is 33.1 Å². The highest BCUT2D eigenvalue weighted by Gasteiger charge is 2.13. The quantitative estimate of drug-likeness (QED) is 0.733. The van der Waals surface area contributed by atoms with Crippen LogP contribution in [0.5, 0.6) is 0 Å². The highest BCUT2D eigenvalue weighted by atomic mass is 15.1. The van der Waals surface area contributed by atoms with Crippen molar-refractivity contribution in [2.45, 2.75) is 39.2 Å². The molecule has 0 unspecified atom stereocenters. The number of hydrogen-bond acceptors (Lipinski definition) is 5. The summed E-state index contributed by atoms with van der Waals surface area (Å²) in [6, 6.07) is 2.53. The molecule has 2 heterocycles. The summed E-state index contributed by atoms with van der Waals surface area (Å²) in [6.07, 6.45) is 5.09. The first-order valence-electron chi connectivity index (χ1n) is 7.27. The first kappa shape index (κ1) is 14.1. The van der Waals surface area contributed by atoms with Crippen LogP contribution in [0.15, 0.2) is 12.4 Å². The fourth-order valence-corrected chi connectivity index (χ4v) is 2.20. The van der Waals surface area contributed by atoms with Crippen molar-refractivity contribution in [2.75, 3.05) is 30.3 Å². The molecule has 5 nitrogen and oxygen atoms in total. The lowest BCUT2D eigenvalue weighted by molar-refractivity contribution is 0.478. The summed E-state index contributed by atoms with van der Waals surface area (Å²) in [5.74, 6) is 2.54. The molecule has 0 aliphatic carbocycles. The van der Waals surface area contributed by atoms with E-state index in [4.69, 9.17) is 0 Å². The number of anilines is 2. The minimum Gasteiger partial charge on any atom is -0.370 e. The number of rotatable bonds is 6. The van der Waals surface area contributed by atoms with Crippen molar-refractivity contribution in [2.24, 2.45) is 5.92 Å². The Labute approximate surface area is 115 Å². The van der Waals surface area contributed by atoms with E-state index in [1.54, 1.807) is 6.33 Å². The summed E-state index contributed by atoms with van der Waals surface area (Å²) in [7, 11) is 0. The van der Waals surface area contributed by atoms with E-state index in [1.807, 2.05) is 6.07 Å². The molecule has 0 atom stereocenters. The number of aromatic nitrogens is 2. The Morgan fingerprint density at radius 2 is 2.00 bits per heavy atom. The van der Waals surface area contributed by atoms with Gasteiger partial charge in [-0.2, -0.15) is 0 Å². The predicted molar refractivity (Wildman–Crippen MR) is 79.5 cm³/mol. The Hall–Kier alpha value is -1.36. The van der Waals surface area contributed by atoms with Crippen LogP contribution in [0.2, 0.25) is 0 Å². The van der Waals surface area contributed by atoms with Crippen molar-refractivity contribution < 1.29 is 0 Å². The van der Waals surface area contributed by atoms with Crippen LogP contribution < -0.4 is 16.0 Å². The van der Waals surface area contributed by atoms with Crippen LogP contribution in [0.4, 0.5) is 11.6 Å². The fraction of sp³-hybridized carbons (Fsp3) is 0.714. The van der Waals surface area contributed by atoms with Crippen LogP contribution in [-0.4, -0.2) is 35.6 Å². The Morgan fingerprint density at radius 1 is 1.26 bits per heavy atom. The van der Waals surface area contributed by atoms with E-state index in [-0.39, 0.29) is 0 Å². The van der Waals surface area contributed by atoms with Gasteiger partial charge in [0.25, 0.3) is 0 Å². The Balaban J connectivity index is 1.83. The first-order chi connectivity index (χ1) is 9.24. The number of hydrogen-bond donors (Lipinski definition) is 3. The number of piperidine rings is 1. The van der Waals surface area contributed by atoms with Crippen LogP contribution in [-0.2, 0) is 0 Å². The van der Waals surface area contributed by atoms with Crippen molar-refractivity contribution >= 4 is 11.6 Å². The average Bonchev–Trinajstić information content (AvgIpc) is 2.40. The van der Waals surface area contributed by atoms with Crippen molar-refractivity contribution in [3.05, 3.63) is 12.4 Å². The zero-order valence-electron chi connectivity index (χ0n) is 11.9. The smallest absolute Gasteiger partial charge is 0.131 e. The Kier molecular flexibility index (Phi) is 5.39. The van der Waals surface area contributed by atoms with Gasteiger partial charge in [0.2, 0.25) is 0 Å². The van der Waals surface area contributed by atoms with Crippen molar-refractivity contribution in [3.8, 4) is 0 Å². The van der Waals surface area contributed by atoms with Gasteiger partial charge < -0.3 is 16.0 Å². The molecule has 106 valence electrons. The maximum atomic E-state index is 4.29. The molecule has 1 aliphatic rings. The molecule has 2 rings (SSSR count). The molecular formula is C14H25N5.